The minimum absolute atomic E-state index is 0.0673. The van der Waals surface area contributed by atoms with Crippen molar-refractivity contribution in [2.75, 3.05) is 19.8 Å². The molecule has 1 aromatic carbocycles. The Hall–Kier alpha value is -3.51. The maximum absolute atomic E-state index is 12.6. The van der Waals surface area contributed by atoms with Crippen LogP contribution >= 0.6 is 0 Å². The van der Waals surface area contributed by atoms with Gasteiger partial charge in [-0.2, -0.15) is 0 Å². The van der Waals surface area contributed by atoms with E-state index in [9.17, 15) is 22.8 Å². The molecule has 0 saturated carbocycles. The van der Waals surface area contributed by atoms with Gasteiger partial charge < -0.3 is 19.5 Å². The number of nitrogens with zero attached hydrogens (tertiary/aromatic N) is 1. The number of hydrogen-bond acceptors (Lipinski definition) is 9. The normalized spacial score (nSPS) is 11.1. The average molecular weight is 522 g/mol. The van der Waals surface area contributed by atoms with E-state index in [1.807, 2.05) is 25.5 Å². The highest BCUT2D eigenvalue weighted by molar-refractivity contribution is 7.90. The highest BCUT2D eigenvalue weighted by atomic mass is 32.2. The van der Waals surface area contributed by atoms with Crippen LogP contribution in [0.2, 0.25) is 0 Å². The van der Waals surface area contributed by atoms with Gasteiger partial charge in [-0.1, -0.05) is 13.8 Å². The van der Waals surface area contributed by atoms with E-state index in [0.717, 1.165) is 6.20 Å². The van der Waals surface area contributed by atoms with Crippen LogP contribution in [0.4, 0.5) is 4.79 Å². The monoisotopic (exact) mass is 521 g/mol. The van der Waals surface area contributed by atoms with Gasteiger partial charge >= 0.3 is 6.16 Å². The first kappa shape index (κ1) is 28.7. The molecule has 0 aliphatic rings. The lowest BCUT2D eigenvalue weighted by Crippen LogP contribution is -2.31. The van der Waals surface area contributed by atoms with E-state index < -0.39 is 22.1 Å². The van der Waals surface area contributed by atoms with Gasteiger partial charge in [0.1, 0.15) is 6.10 Å². The third-order valence-corrected chi connectivity index (χ3v) is 6.32. The van der Waals surface area contributed by atoms with Crippen molar-refractivity contribution in [3.05, 3.63) is 53.7 Å². The number of sulfonamides is 1. The van der Waals surface area contributed by atoms with E-state index in [2.05, 4.69) is 10.3 Å². The van der Waals surface area contributed by atoms with Gasteiger partial charge in [0.15, 0.2) is 0 Å². The van der Waals surface area contributed by atoms with Crippen LogP contribution in [0.3, 0.4) is 0 Å². The van der Waals surface area contributed by atoms with Crippen molar-refractivity contribution in [3.63, 3.8) is 0 Å². The third kappa shape index (κ3) is 8.93. The summed E-state index contributed by atoms with van der Waals surface area (Å²) in [6, 6.07) is 7.67. The Morgan fingerprint density at radius 3 is 2.19 bits per heavy atom. The van der Waals surface area contributed by atoms with E-state index >= 15 is 0 Å². The molecule has 2 rings (SSSR count). The molecule has 0 aliphatic carbocycles. The number of rotatable bonds is 13. The molecule has 11 nitrogen and oxygen atoms in total. The van der Waals surface area contributed by atoms with Crippen molar-refractivity contribution in [2.24, 2.45) is 0 Å². The number of ether oxygens (including phenoxy) is 3. The number of pyridine rings is 1. The Morgan fingerprint density at radius 1 is 0.944 bits per heavy atom. The van der Waals surface area contributed by atoms with E-state index in [0.29, 0.717) is 39.0 Å². The SMILES string of the molecule is CCOCCCNC(=O)c1ccc(S(=O)(=O)NC(=O)c2ccc(OC(=O)OC(CC)CC)nc2)cc1. The first-order chi connectivity index (χ1) is 17.2. The van der Waals surface area contributed by atoms with Crippen molar-refractivity contribution in [2.45, 2.75) is 51.0 Å². The van der Waals surface area contributed by atoms with Gasteiger partial charge in [-0.05, 0) is 56.5 Å². The molecule has 0 radical (unpaired) electrons. The zero-order valence-electron chi connectivity index (χ0n) is 20.5. The molecular weight excluding hydrogens is 490 g/mol. The largest absolute Gasteiger partial charge is 0.515 e. The summed E-state index contributed by atoms with van der Waals surface area (Å²) in [5.41, 5.74) is 0.210. The van der Waals surface area contributed by atoms with Crippen LogP contribution in [0, 0.1) is 0 Å². The molecule has 0 unspecified atom stereocenters. The third-order valence-electron chi connectivity index (χ3n) is 4.97. The molecule has 1 heterocycles. The number of carbonyl (C=O) groups excluding carboxylic acids is 3. The molecule has 2 N–H and O–H groups in total. The standard InChI is InChI=1S/C24H31N3O8S/c1-4-19(5-2)34-24(30)35-21-13-10-18(16-26-21)23(29)27-36(31,32)20-11-8-17(9-12-20)22(28)25-14-7-15-33-6-3/h8-13,16,19H,4-7,14-15H2,1-3H3,(H,25,28)(H,27,29). The van der Waals surface area contributed by atoms with Gasteiger partial charge in [-0.15, -0.1) is 0 Å². The lowest BCUT2D eigenvalue weighted by molar-refractivity contribution is 0.0538. The summed E-state index contributed by atoms with van der Waals surface area (Å²) in [5, 5.41) is 2.72. The fraction of sp³-hybridized carbons (Fsp3) is 0.417. The predicted octanol–water partition coefficient (Wildman–Crippen LogP) is 3.06. The van der Waals surface area contributed by atoms with Gasteiger partial charge in [-0.25, -0.2) is 22.9 Å². The van der Waals surface area contributed by atoms with Crippen LogP contribution in [0.25, 0.3) is 0 Å². The lowest BCUT2D eigenvalue weighted by atomic mass is 10.2. The topological polar surface area (TPSA) is 150 Å². The summed E-state index contributed by atoms with van der Waals surface area (Å²) >= 11 is 0. The average Bonchev–Trinajstić information content (AvgIpc) is 2.87. The first-order valence-corrected chi connectivity index (χ1v) is 13.1. The molecule has 1 aromatic heterocycles. The molecule has 0 bridgehead atoms. The number of amides is 2. The van der Waals surface area contributed by atoms with E-state index in [1.165, 1.54) is 36.4 Å². The molecule has 36 heavy (non-hydrogen) atoms. The Balaban J connectivity index is 1.94. The Bertz CT molecular complexity index is 1120. The van der Waals surface area contributed by atoms with Crippen molar-refractivity contribution < 1.29 is 37.0 Å². The number of carbonyl (C=O) groups is 3. The minimum atomic E-state index is -4.21. The second kappa shape index (κ2) is 14.1. The van der Waals surface area contributed by atoms with Crippen molar-refractivity contribution in [3.8, 4) is 5.88 Å². The molecule has 0 aliphatic heterocycles. The van der Waals surface area contributed by atoms with E-state index in [1.54, 1.807) is 0 Å². The maximum atomic E-state index is 12.6. The molecule has 0 fully saturated rings. The number of nitrogens with one attached hydrogen (secondary N) is 2. The Labute approximate surface area is 210 Å². The van der Waals surface area contributed by atoms with Crippen LogP contribution in [0.5, 0.6) is 5.88 Å². The van der Waals surface area contributed by atoms with Crippen LogP contribution in [0.1, 0.15) is 60.7 Å². The lowest BCUT2D eigenvalue weighted by Gasteiger charge is -2.13. The molecule has 196 valence electrons. The number of aromatic nitrogens is 1. The van der Waals surface area contributed by atoms with Crippen LogP contribution in [0.15, 0.2) is 47.5 Å². The number of hydrogen-bond donors (Lipinski definition) is 2. The van der Waals surface area contributed by atoms with Gasteiger partial charge in [0.25, 0.3) is 21.8 Å². The fourth-order valence-corrected chi connectivity index (χ4v) is 3.90. The molecule has 2 aromatic rings. The Kier molecular flexibility index (Phi) is 11.3. The summed E-state index contributed by atoms with van der Waals surface area (Å²) in [7, 11) is -4.21. The zero-order chi connectivity index (χ0) is 26.6. The number of benzene rings is 1. The first-order valence-electron chi connectivity index (χ1n) is 11.6. The fourth-order valence-electron chi connectivity index (χ4n) is 2.92. The maximum Gasteiger partial charge on any atom is 0.515 e. The molecular formula is C24H31N3O8S. The summed E-state index contributed by atoms with van der Waals surface area (Å²) in [6.07, 6.45) is 1.81. The molecule has 2 amide bonds. The smallest absolute Gasteiger partial charge is 0.431 e. The van der Waals surface area contributed by atoms with Crippen LogP contribution in [-0.2, 0) is 19.5 Å². The summed E-state index contributed by atoms with van der Waals surface area (Å²) in [6.45, 7) is 7.19. The van der Waals surface area contributed by atoms with Crippen molar-refractivity contribution >= 4 is 28.0 Å². The summed E-state index contributed by atoms with van der Waals surface area (Å²) < 4.78 is 42.4. The Morgan fingerprint density at radius 2 is 1.61 bits per heavy atom. The molecule has 0 spiro atoms. The van der Waals surface area contributed by atoms with E-state index in [4.69, 9.17) is 14.2 Å². The van der Waals surface area contributed by atoms with Gasteiger partial charge in [0.05, 0.1) is 10.5 Å². The van der Waals surface area contributed by atoms with Gasteiger partial charge in [-0.3, -0.25) is 9.59 Å². The van der Waals surface area contributed by atoms with Crippen molar-refractivity contribution in [1.82, 2.24) is 15.0 Å². The van der Waals surface area contributed by atoms with Crippen molar-refractivity contribution in [1.29, 1.82) is 0 Å². The quantitative estimate of drug-likeness (QED) is 0.299. The van der Waals surface area contributed by atoms with Gasteiger partial charge in [0, 0.05) is 37.6 Å². The summed E-state index contributed by atoms with van der Waals surface area (Å²) in [4.78, 5) is 40.0. The molecule has 0 atom stereocenters. The zero-order valence-corrected chi connectivity index (χ0v) is 21.3. The van der Waals surface area contributed by atoms with Crippen LogP contribution < -0.4 is 14.8 Å². The second-order valence-electron chi connectivity index (χ2n) is 7.56. The van der Waals surface area contributed by atoms with E-state index in [-0.39, 0.29) is 33.9 Å². The summed E-state index contributed by atoms with van der Waals surface area (Å²) in [5.74, 6) is -1.38. The highest BCUT2D eigenvalue weighted by Gasteiger charge is 2.20. The second-order valence-corrected chi connectivity index (χ2v) is 9.24. The van der Waals surface area contributed by atoms with Gasteiger partial charge in [0.2, 0.25) is 5.88 Å². The predicted molar refractivity (Wildman–Crippen MR) is 130 cm³/mol. The minimum Gasteiger partial charge on any atom is -0.431 e. The molecule has 12 heteroatoms. The van der Waals surface area contributed by atoms with Crippen LogP contribution in [-0.4, -0.2) is 57.2 Å². The molecule has 0 saturated heterocycles. The highest BCUT2D eigenvalue weighted by Crippen LogP contribution is 2.14.